The second-order valence-corrected chi connectivity index (χ2v) is 7.91. The Labute approximate surface area is 137 Å². The zero-order valence-electron chi connectivity index (χ0n) is 14.2. The number of hydrogen-bond acceptors (Lipinski definition) is 3. The van der Waals surface area contributed by atoms with Crippen LogP contribution in [0.1, 0.15) is 46.1 Å². The van der Waals surface area contributed by atoms with Gasteiger partial charge < -0.3 is 9.47 Å². The third kappa shape index (κ3) is 1.62. The maximum atomic E-state index is 13.0. The van der Waals surface area contributed by atoms with E-state index in [0.29, 0.717) is 0 Å². The quantitative estimate of drug-likeness (QED) is 0.676. The van der Waals surface area contributed by atoms with Crippen molar-refractivity contribution in [3.8, 4) is 0 Å². The molecule has 3 aliphatic rings. The molecule has 4 nitrogen and oxygen atoms in total. The molecular formula is C19H23NO3. The fourth-order valence-corrected chi connectivity index (χ4v) is 4.48. The van der Waals surface area contributed by atoms with Gasteiger partial charge in [-0.15, -0.1) is 0 Å². The third-order valence-electron chi connectivity index (χ3n) is 5.52. The van der Waals surface area contributed by atoms with Crippen molar-refractivity contribution in [3.05, 3.63) is 42.0 Å². The highest BCUT2D eigenvalue weighted by molar-refractivity contribution is 5.95. The number of rotatable bonds is 0. The van der Waals surface area contributed by atoms with Crippen LogP contribution in [0.4, 0.5) is 10.5 Å². The van der Waals surface area contributed by atoms with Crippen LogP contribution in [-0.2, 0) is 14.9 Å². The van der Waals surface area contributed by atoms with Gasteiger partial charge >= 0.3 is 6.09 Å². The number of carbonyl (C=O) groups is 1. The second kappa shape index (κ2) is 4.18. The zero-order chi connectivity index (χ0) is 16.6. The number of nitrogens with zero attached hydrogens (tertiary/aromatic N) is 1. The fraction of sp³-hybridized carbons (Fsp3) is 0.526. The topological polar surface area (TPSA) is 38.8 Å². The molecule has 0 radical (unpaired) electrons. The van der Waals surface area contributed by atoms with Crippen LogP contribution in [0.15, 0.2) is 36.4 Å². The van der Waals surface area contributed by atoms with Gasteiger partial charge in [0.1, 0.15) is 5.60 Å². The summed E-state index contributed by atoms with van der Waals surface area (Å²) in [5.41, 5.74) is 1.45. The average Bonchev–Trinajstić information content (AvgIpc) is 3.04. The summed E-state index contributed by atoms with van der Waals surface area (Å²) in [5.74, 6) is 0. The molecule has 0 saturated carbocycles. The summed E-state index contributed by atoms with van der Waals surface area (Å²) >= 11 is 0. The molecule has 0 unspecified atom stereocenters. The Hall–Kier alpha value is -1.81. The summed E-state index contributed by atoms with van der Waals surface area (Å²) in [5, 5.41) is 0. The Morgan fingerprint density at radius 3 is 2.78 bits per heavy atom. The van der Waals surface area contributed by atoms with Gasteiger partial charge in [-0.25, -0.2) is 9.69 Å². The number of hydrogen-bond donors (Lipinski definition) is 0. The lowest BCUT2D eigenvalue weighted by molar-refractivity contribution is -0.0196. The molecule has 0 aliphatic carbocycles. The number of fused-ring (bicyclic) bond motifs is 3. The van der Waals surface area contributed by atoms with Crippen molar-refractivity contribution in [2.24, 2.45) is 0 Å². The predicted octanol–water partition coefficient (Wildman–Crippen LogP) is 4.14. The van der Waals surface area contributed by atoms with Crippen LogP contribution < -0.4 is 4.90 Å². The maximum absolute atomic E-state index is 13.0. The first-order chi connectivity index (χ1) is 10.7. The molecule has 1 amide bonds. The number of para-hydroxylation sites is 1. The van der Waals surface area contributed by atoms with Gasteiger partial charge in [0, 0.05) is 0 Å². The van der Waals surface area contributed by atoms with E-state index in [1.165, 1.54) is 0 Å². The van der Waals surface area contributed by atoms with E-state index >= 15 is 0 Å². The Balaban J connectivity index is 1.89. The molecule has 0 N–H and O–H groups in total. The molecule has 1 spiro atoms. The summed E-state index contributed by atoms with van der Waals surface area (Å²) < 4.78 is 12.0. The number of anilines is 1. The van der Waals surface area contributed by atoms with E-state index in [0.717, 1.165) is 29.7 Å². The summed E-state index contributed by atoms with van der Waals surface area (Å²) in [7, 11) is 0. The molecule has 2 bridgehead atoms. The Morgan fingerprint density at radius 1 is 1.39 bits per heavy atom. The molecule has 122 valence electrons. The summed E-state index contributed by atoms with van der Waals surface area (Å²) in [4.78, 5) is 14.7. The number of benzene rings is 1. The first-order valence-electron chi connectivity index (χ1n) is 8.20. The molecule has 2 saturated heterocycles. The lowest BCUT2D eigenvalue weighted by Gasteiger charge is -2.41. The second-order valence-electron chi connectivity index (χ2n) is 7.91. The Bertz CT molecular complexity index is 720. The van der Waals surface area contributed by atoms with E-state index < -0.39 is 11.3 Å². The van der Waals surface area contributed by atoms with Crippen LogP contribution in [-0.4, -0.2) is 23.5 Å². The predicted molar refractivity (Wildman–Crippen MR) is 88.5 cm³/mol. The minimum atomic E-state index is -0.694. The molecule has 3 heterocycles. The lowest BCUT2D eigenvalue weighted by Crippen LogP contribution is -2.57. The lowest BCUT2D eigenvalue weighted by atomic mass is 9.66. The van der Waals surface area contributed by atoms with Gasteiger partial charge in [0.2, 0.25) is 0 Å². The first-order valence-corrected chi connectivity index (χ1v) is 8.20. The molecular weight excluding hydrogens is 290 g/mol. The van der Waals surface area contributed by atoms with E-state index in [1.54, 1.807) is 4.90 Å². The van der Waals surface area contributed by atoms with E-state index in [-0.39, 0.29) is 17.6 Å². The average molecular weight is 313 g/mol. The molecule has 23 heavy (non-hydrogen) atoms. The van der Waals surface area contributed by atoms with Crippen LogP contribution in [0.25, 0.3) is 0 Å². The number of amides is 1. The molecule has 4 rings (SSSR count). The van der Waals surface area contributed by atoms with Crippen molar-refractivity contribution in [1.29, 1.82) is 0 Å². The van der Waals surface area contributed by atoms with Crippen LogP contribution in [0, 0.1) is 0 Å². The summed E-state index contributed by atoms with van der Waals surface area (Å²) in [6.45, 7) is 12.1. The Morgan fingerprint density at radius 2 is 2.09 bits per heavy atom. The van der Waals surface area contributed by atoms with E-state index in [9.17, 15) is 4.79 Å². The molecule has 2 fully saturated rings. The van der Waals surface area contributed by atoms with Crippen molar-refractivity contribution >= 4 is 11.8 Å². The highest BCUT2D eigenvalue weighted by Gasteiger charge is 2.72. The summed E-state index contributed by atoms with van der Waals surface area (Å²) in [6, 6.07) is 8.01. The van der Waals surface area contributed by atoms with E-state index in [1.807, 2.05) is 39.0 Å². The standard InChI is InChI=1S/C19H23NO3/c1-12-15-10-11-19(22-15)18(12,5)13-8-6-7-9-14(13)20(19)16(21)23-17(2,3)4/h6-9,15H,1,10-11H2,2-5H3/t15-,18+,19+/m1/s1. The highest BCUT2D eigenvalue weighted by Crippen LogP contribution is 2.66. The van der Waals surface area contributed by atoms with Crippen LogP contribution in [0.5, 0.6) is 0 Å². The van der Waals surface area contributed by atoms with Crippen LogP contribution >= 0.6 is 0 Å². The van der Waals surface area contributed by atoms with Gasteiger partial charge in [-0.1, -0.05) is 24.8 Å². The zero-order valence-corrected chi connectivity index (χ0v) is 14.2. The molecule has 4 heteroatoms. The van der Waals surface area contributed by atoms with Crippen LogP contribution in [0.3, 0.4) is 0 Å². The van der Waals surface area contributed by atoms with Crippen LogP contribution in [0.2, 0.25) is 0 Å². The van der Waals surface area contributed by atoms with Crippen molar-refractivity contribution < 1.29 is 14.3 Å². The van der Waals surface area contributed by atoms with Gasteiger partial charge in [0.15, 0.2) is 5.72 Å². The van der Waals surface area contributed by atoms with Crippen molar-refractivity contribution in [1.82, 2.24) is 0 Å². The monoisotopic (exact) mass is 313 g/mol. The van der Waals surface area contributed by atoms with E-state index in [2.05, 4.69) is 19.6 Å². The first kappa shape index (κ1) is 14.8. The molecule has 3 atom stereocenters. The van der Waals surface area contributed by atoms with Gasteiger partial charge in [0.25, 0.3) is 0 Å². The smallest absolute Gasteiger partial charge is 0.417 e. The minimum absolute atomic E-state index is 0.0262. The highest BCUT2D eigenvalue weighted by atomic mass is 16.6. The maximum Gasteiger partial charge on any atom is 0.417 e. The molecule has 3 aliphatic heterocycles. The van der Waals surface area contributed by atoms with Crippen molar-refractivity contribution in [2.45, 2.75) is 63.4 Å². The molecule has 1 aromatic carbocycles. The van der Waals surface area contributed by atoms with E-state index in [4.69, 9.17) is 9.47 Å². The SMILES string of the molecule is C=C1[C@H]2CC[C@@]3(O2)N(C(=O)OC(C)(C)C)c2ccccc2[C@]13C. The normalized spacial score (nSPS) is 34.5. The Kier molecular flexibility index (Phi) is 2.68. The molecule has 1 aromatic rings. The van der Waals surface area contributed by atoms with Gasteiger partial charge in [-0.2, -0.15) is 0 Å². The third-order valence-corrected chi connectivity index (χ3v) is 5.52. The van der Waals surface area contributed by atoms with Gasteiger partial charge in [-0.05, 0) is 57.7 Å². The molecule has 0 aromatic heterocycles. The van der Waals surface area contributed by atoms with Gasteiger partial charge in [0.05, 0.1) is 17.2 Å². The van der Waals surface area contributed by atoms with Crippen molar-refractivity contribution in [3.63, 3.8) is 0 Å². The fourth-order valence-electron chi connectivity index (χ4n) is 4.48. The summed E-state index contributed by atoms with van der Waals surface area (Å²) in [6.07, 6.45) is 1.39. The van der Waals surface area contributed by atoms with Gasteiger partial charge in [-0.3, -0.25) is 0 Å². The largest absolute Gasteiger partial charge is 0.443 e. The minimum Gasteiger partial charge on any atom is -0.443 e. The number of ether oxygens (including phenoxy) is 2. The van der Waals surface area contributed by atoms with Crippen molar-refractivity contribution in [2.75, 3.05) is 4.90 Å². The number of carbonyl (C=O) groups excluding carboxylic acids is 1.